The normalized spacial score (nSPS) is 10.4. The van der Waals surface area contributed by atoms with Crippen molar-refractivity contribution >= 4 is 23.0 Å². The number of para-hydroxylation sites is 1. The first-order chi connectivity index (χ1) is 13.3. The van der Waals surface area contributed by atoms with Gasteiger partial charge in [0.15, 0.2) is 0 Å². The van der Waals surface area contributed by atoms with E-state index in [0.29, 0.717) is 11.4 Å². The summed E-state index contributed by atoms with van der Waals surface area (Å²) in [6, 6.07) is 21.0. The van der Waals surface area contributed by atoms with E-state index in [1.165, 1.54) is 0 Å². The maximum Gasteiger partial charge on any atom is 0.257 e. The number of nitrogens with one attached hydrogen (secondary N) is 2. The monoisotopic (exact) mass is 355 g/mol. The fourth-order valence-corrected chi connectivity index (χ4v) is 2.60. The Hall–Kier alpha value is -3.93. The molecule has 27 heavy (non-hydrogen) atoms. The molecule has 0 fully saturated rings. The number of hydrogen-bond acceptors (Lipinski definition) is 4. The summed E-state index contributed by atoms with van der Waals surface area (Å²) in [5, 5.41) is 6.18. The molecule has 0 spiro atoms. The zero-order valence-electron chi connectivity index (χ0n) is 14.4. The minimum absolute atomic E-state index is 0.205. The Bertz CT molecular complexity index is 1010. The summed E-state index contributed by atoms with van der Waals surface area (Å²) in [5.74, 6) is 0.504. The third kappa shape index (κ3) is 4.01. The minimum atomic E-state index is -0.205. The second kappa shape index (κ2) is 7.53. The molecule has 0 aliphatic carbocycles. The van der Waals surface area contributed by atoms with Crippen LogP contribution in [0.3, 0.4) is 0 Å². The second-order valence-electron chi connectivity index (χ2n) is 5.90. The van der Waals surface area contributed by atoms with E-state index in [0.717, 1.165) is 17.1 Å². The Balaban J connectivity index is 1.40. The number of carbonyl (C=O) groups is 1. The third-order valence-electron chi connectivity index (χ3n) is 3.98. The van der Waals surface area contributed by atoms with Crippen LogP contribution < -0.4 is 10.6 Å². The maximum atomic E-state index is 12.4. The summed E-state index contributed by atoms with van der Waals surface area (Å²) < 4.78 is 1.78. The highest BCUT2D eigenvalue weighted by atomic mass is 16.1. The summed E-state index contributed by atoms with van der Waals surface area (Å²) in [5.41, 5.74) is 3.17. The molecule has 0 bridgehead atoms. The molecule has 0 saturated heterocycles. The highest BCUT2D eigenvalue weighted by Crippen LogP contribution is 2.19. The Kier molecular flexibility index (Phi) is 4.61. The fraction of sp³-hybridized carbons (Fsp3) is 0. The standard InChI is InChI=1S/C21H17N5O/c27-21(16-6-11-20(23-14-16)26-13-12-22-15-26)25-19-9-7-18(8-10-19)24-17-4-2-1-3-5-17/h1-15,24H,(H,25,27). The lowest BCUT2D eigenvalue weighted by atomic mass is 10.2. The molecule has 0 unspecified atom stereocenters. The molecule has 2 N–H and O–H groups in total. The van der Waals surface area contributed by atoms with Crippen LogP contribution >= 0.6 is 0 Å². The summed E-state index contributed by atoms with van der Waals surface area (Å²) in [7, 11) is 0. The number of benzene rings is 2. The van der Waals surface area contributed by atoms with Crippen LogP contribution in [-0.4, -0.2) is 20.4 Å². The van der Waals surface area contributed by atoms with Crippen molar-refractivity contribution in [1.29, 1.82) is 0 Å². The molecule has 4 aromatic rings. The van der Waals surface area contributed by atoms with Crippen molar-refractivity contribution in [2.75, 3.05) is 10.6 Å². The third-order valence-corrected chi connectivity index (χ3v) is 3.98. The molecule has 2 aromatic carbocycles. The van der Waals surface area contributed by atoms with Crippen molar-refractivity contribution in [1.82, 2.24) is 14.5 Å². The largest absolute Gasteiger partial charge is 0.356 e. The van der Waals surface area contributed by atoms with Crippen LogP contribution in [0, 0.1) is 0 Å². The molecule has 2 aromatic heterocycles. The predicted octanol–water partition coefficient (Wildman–Crippen LogP) is 4.26. The zero-order valence-corrected chi connectivity index (χ0v) is 14.4. The van der Waals surface area contributed by atoms with Gasteiger partial charge in [0, 0.05) is 35.7 Å². The number of nitrogens with zero attached hydrogens (tertiary/aromatic N) is 3. The van der Waals surface area contributed by atoms with Crippen LogP contribution in [0.2, 0.25) is 0 Å². The van der Waals surface area contributed by atoms with Crippen molar-refractivity contribution in [2.24, 2.45) is 0 Å². The van der Waals surface area contributed by atoms with E-state index >= 15 is 0 Å². The predicted molar refractivity (Wildman–Crippen MR) is 105 cm³/mol. The van der Waals surface area contributed by atoms with Gasteiger partial charge in [-0.2, -0.15) is 0 Å². The van der Waals surface area contributed by atoms with Gasteiger partial charge in [-0.15, -0.1) is 0 Å². The first-order valence-electron chi connectivity index (χ1n) is 8.46. The van der Waals surface area contributed by atoms with Crippen LogP contribution in [0.25, 0.3) is 5.82 Å². The molecule has 2 heterocycles. The van der Waals surface area contributed by atoms with Crippen LogP contribution in [0.5, 0.6) is 0 Å². The van der Waals surface area contributed by atoms with E-state index in [2.05, 4.69) is 20.6 Å². The number of pyridine rings is 1. The number of amides is 1. The Labute approximate surface area is 156 Å². The van der Waals surface area contributed by atoms with Gasteiger partial charge in [-0.3, -0.25) is 9.36 Å². The van der Waals surface area contributed by atoms with Gasteiger partial charge in [0.05, 0.1) is 5.56 Å². The molecule has 0 atom stereocenters. The Morgan fingerprint density at radius 3 is 2.26 bits per heavy atom. The quantitative estimate of drug-likeness (QED) is 0.561. The molecule has 0 radical (unpaired) electrons. The first kappa shape index (κ1) is 16.5. The van der Waals surface area contributed by atoms with Crippen LogP contribution in [0.1, 0.15) is 10.4 Å². The average molecular weight is 355 g/mol. The molecular weight excluding hydrogens is 338 g/mol. The van der Waals surface area contributed by atoms with E-state index < -0.39 is 0 Å². The molecule has 6 heteroatoms. The molecule has 6 nitrogen and oxygen atoms in total. The summed E-state index contributed by atoms with van der Waals surface area (Å²) in [6.45, 7) is 0. The van der Waals surface area contributed by atoms with E-state index in [4.69, 9.17) is 0 Å². The van der Waals surface area contributed by atoms with Gasteiger partial charge in [-0.05, 0) is 48.5 Å². The molecule has 0 aliphatic rings. The van der Waals surface area contributed by atoms with Crippen molar-refractivity contribution < 1.29 is 4.79 Å². The number of rotatable bonds is 5. The molecule has 1 amide bonds. The first-order valence-corrected chi connectivity index (χ1v) is 8.46. The number of aromatic nitrogens is 3. The van der Waals surface area contributed by atoms with E-state index in [9.17, 15) is 4.79 Å². The van der Waals surface area contributed by atoms with Gasteiger partial charge >= 0.3 is 0 Å². The summed E-state index contributed by atoms with van der Waals surface area (Å²) in [6.07, 6.45) is 6.69. The van der Waals surface area contributed by atoms with E-state index in [1.807, 2.05) is 54.6 Å². The summed E-state index contributed by atoms with van der Waals surface area (Å²) in [4.78, 5) is 20.7. The molecule has 0 aliphatic heterocycles. The number of hydrogen-bond donors (Lipinski definition) is 2. The van der Waals surface area contributed by atoms with Crippen molar-refractivity contribution in [3.8, 4) is 5.82 Å². The van der Waals surface area contributed by atoms with Crippen LogP contribution in [-0.2, 0) is 0 Å². The SMILES string of the molecule is O=C(Nc1ccc(Nc2ccccc2)cc1)c1ccc(-n2ccnc2)nc1. The highest BCUT2D eigenvalue weighted by Gasteiger charge is 2.07. The van der Waals surface area contributed by atoms with Gasteiger partial charge in [0.25, 0.3) is 5.91 Å². The van der Waals surface area contributed by atoms with E-state index in [1.54, 1.807) is 41.6 Å². The number of imidazole rings is 1. The van der Waals surface area contributed by atoms with Gasteiger partial charge in [0.2, 0.25) is 0 Å². The van der Waals surface area contributed by atoms with Gasteiger partial charge < -0.3 is 10.6 Å². The van der Waals surface area contributed by atoms with Crippen LogP contribution in [0.4, 0.5) is 17.1 Å². The summed E-state index contributed by atoms with van der Waals surface area (Å²) >= 11 is 0. The van der Waals surface area contributed by atoms with E-state index in [-0.39, 0.29) is 5.91 Å². The number of carbonyl (C=O) groups excluding carboxylic acids is 1. The Morgan fingerprint density at radius 2 is 1.59 bits per heavy atom. The molecule has 4 rings (SSSR count). The van der Waals surface area contributed by atoms with Gasteiger partial charge in [-0.25, -0.2) is 9.97 Å². The number of anilines is 3. The van der Waals surface area contributed by atoms with Crippen molar-refractivity contribution in [2.45, 2.75) is 0 Å². The highest BCUT2D eigenvalue weighted by molar-refractivity contribution is 6.04. The van der Waals surface area contributed by atoms with Crippen molar-refractivity contribution in [3.05, 3.63) is 97.2 Å². The van der Waals surface area contributed by atoms with Crippen LogP contribution in [0.15, 0.2) is 91.6 Å². The second-order valence-corrected chi connectivity index (χ2v) is 5.90. The average Bonchev–Trinajstić information content (AvgIpc) is 3.25. The van der Waals surface area contributed by atoms with Crippen molar-refractivity contribution in [3.63, 3.8) is 0 Å². The zero-order chi connectivity index (χ0) is 18.5. The lowest BCUT2D eigenvalue weighted by molar-refractivity contribution is 0.102. The van der Waals surface area contributed by atoms with Gasteiger partial charge in [-0.1, -0.05) is 18.2 Å². The minimum Gasteiger partial charge on any atom is -0.356 e. The van der Waals surface area contributed by atoms with Gasteiger partial charge in [0.1, 0.15) is 12.1 Å². The molecular formula is C21H17N5O. The topological polar surface area (TPSA) is 71.8 Å². The molecule has 0 saturated carbocycles. The lowest BCUT2D eigenvalue weighted by Crippen LogP contribution is -2.12. The lowest BCUT2D eigenvalue weighted by Gasteiger charge is -2.09. The maximum absolute atomic E-state index is 12.4. The molecule has 132 valence electrons. The smallest absolute Gasteiger partial charge is 0.257 e. The Morgan fingerprint density at radius 1 is 0.852 bits per heavy atom. The fourth-order valence-electron chi connectivity index (χ4n) is 2.60.